The van der Waals surface area contributed by atoms with Gasteiger partial charge in [0, 0.05) is 24.6 Å². The lowest BCUT2D eigenvalue weighted by molar-refractivity contribution is -0.122. The fourth-order valence-electron chi connectivity index (χ4n) is 3.52. The molecule has 1 saturated carbocycles. The lowest BCUT2D eigenvalue weighted by atomic mass is 9.95. The minimum atomic E-state index is 0.0494. The van der Waals surface area contributed by atoms with Crippen LogP contribution in [0.2, 0.25) is 0 Å². The maximum absolute atomic E-state index is 12.4. The summed E-state index contributed by atoms with van der Waals surface area (Å²) < 4.78 is 13.3. The van der Waals surface area contributed by atoms with Crippen LogP contribution in [0.15, 0.2) is 18.5 Å². The molecular weight excluding hydrogens is 306 g/mol. The molecule has 1 aliphatic heterocycles. The molecule has 2 aliphatic rings. The zero-order chi connectivity index (χ0) is 16.4. The lowest BCUT2D eigenvalue weighted by Crippen LogP contribution is -2.38. The number of hydrogen-bond donors (Lipinski definition) is 1. The van der Waals surface area contributed by atoms with E-state index in [9.17, 15) is 4.79 Å². The van der Waals surface area contributed by atoms with Gasteiger partial charge in [-0.3, -0.25) is 4.79 Å². The van der Waals surface area contributed by atoms with Gasteiger partial charge in [-0.1, -0.05) is 19.3 Å². The summed E-state index contributed by atoms with van der Waals surface area (Å²) in [6, 6.07) is 4.15. The maximum atomic E-state index is 12.4. The quantitative estimate of drug-likeness (QED) is 0.940. The number of aromatic nitrogens is 2. The Balaban J connectivity index is 1.51. The maximum Gasteiger partial charge on any atom is 0.240 e. The van der Waals surface area contributed by atoms with Gasteiger partial charge in [-0.25, -0.2) is 4.98 Å². The summed E-state index contributed by atoms with van der Waals surface area (Å²) in [7, 11) is 0. The first-order valence-corrected chi connectivity index (χ1v) is 8.83. The first-order chi connectivity index (χ1) is 11.8. The number of amides is 1. The predicted molar refractivity (Wildman–Crippen MR) is 90.4 cm³/mol. The van der Waals surface area contributed by atoms with Crippen LogP contribution in [0.4, 0.5) is 0 Å². The summed E-state index contributed by atoms with van der Waals surface area (Å²) in [6.45, 7) is 1.59. The first kappa shape index (κ1) is 15.3. The zero-order valence-electron chi connectivity index (χ0n) is 13.8. The van der Waals surface area contributed by atoms with Crippen molar-refractivity contribution in [3.63, 3.8) is 0 Å². The van der Waals surface area contributed by atoms with E-state index in [1.54, 1.807) is 6.33 Å². The van der Waals surface area contributed by atoms with Gasteiger partial charge in [0.25, 0.3) is 0 Å². The second-order valence-electron chi connectivity index (χ2n) is 6.61. The summed E-state index contributed by atoms with van der Waals surface area (Å²) in [4.78, 5) is 16.8. The SMILES string of the molecule is O=C(Cn1cnc2cc3c(cc21)OCCCO3)NC1CCCCC1. The lowest BCUT2D eigenvalue weighted by Gasteiger charge is -2.22. The van der Waals surface area contributed by atoms with Gasteiger partial charge in [0.2, 0.25) is 5.91 Å². The van der Waals surface area contributed by atoms with E-state index < -0.39 is 0 Å². The molecule has 0 bridgehead atoms. The molecule has 0 unspecified atom stereocenters. The number of fused-ring (bicyclic) bond motifs is 2. The van der Waals surface area contributed by atoms with E-state index in [2.05, 4.69) is 10.3 Å². The summed E-state index contributed by atoms with van der Waals surface area (Å²) in [5, 5.41) is 3.15. The summed E-state index contributed by atoms with van der Waals surface area (Å²) >= 11 is 0. The first-order valence-electron chi connectivity index (χ1n) is 8.83. The minimum Gasteiger partial charge on any atom is -0.489 e. The third kappa shape index (κ3) is 3.18. The second kappa shape index (κ2) is 6.71. The molecule has 2 aromatic rings. The molecule has 0 atom stereocenters. The normalized spacial score (nSPS) is 18.3. The Morgan fingerprint density at radius 3 is 2.67 bits per heavy atom. The van der Waals surface area contributed by atoms with Crippen molar-refractivity contribution in [1.82, 2.24) is 14.9 Å². The molecular formula is C18H23N3O3. The van der Waals surface area contributed by atoms with E-state index in [-0.39, 0.29) is 12.5 Å². The van der Waals surface area contributed by atoms with Gasteiger partial charge in [0.15, 0.2) is 11.5 Å². The molecule has 6 heteroatoms. The van der Waals surface area contributed by atoms with Gasteiger partial charge >= 0.3 is 0 Å². The number of carbonyl (C=O) groups excluding carboxylic acids is 1. The molecule has 0 spiro atoms. The van der Waals surface area contributed by atoms with Crippen LogP contribution >= 0.6 is 0 Å². The molecule has 2 heterocycles. The fourth-order valence-corrected chi connectivity index (χ4v) is 3.52. The monoisotopic (exact) mass is 329 g/mol. The molecule has 1 fully saturated rings. The molecule has 1 aliphatic carbocycles. The van der Waals surface area contributed by atoms with Crippen molar-refractivity contribution < 1.29 is 14.3 Å². The number of nitrogens with one attached hydrogen (secondary N) is 1. The number of carbonyl (C=O) groups is 1. The highest BCUT2D eigenvalue weighted by atomic mass is 16.5. The van der Waals surface area contributed by atoms with Crippen LogP contribution in [-0.4, -0.2) is 34.7 Å². The number of imidazole rings is 1. The van der Waals surface area contributed by atoms with E-state index in [1.807, 2.05) is 16.7 Å². The third-order valence-electron chi connectivity index (χ3n) is 4.77. The summed E-state index contributed by atoms with van der Waals surface area (Å²) in [5.74, 6) is 1.51. The van der Waals surface area contributed by atoms with E-state index in [1.165, 1.54) is 19.3 Å². The largest absolute Gasteiger partial charge is 0.489 e. The van der Waals surface area contributed by atoms with Crippen molar-refractivity contribution in [3.05, 3.63) is 18.5 Å². The van der Waals surface area contributed by atoms with Crippen LogP contribution in [0.5, 0.6) is 11.5 Å². The molecule has 24 heavy (non-hydrogen) atoms. The molecule has 1 aromatic heterocycles. The Hall–Kier alpha value is -2.24. The van der Waals surface area contributed by atoms with Crippen LogP contribution in [0.1, 0.15) is 38.5 Å². The van der Waals surface area contributed by atoms with Crippen molar-refractivity contribution in [3.8, 4) is 11.5 Å². The van der Waals surface area contributed by atoms with Crippen LogP contribution in [-0.2, 0) is 11.3 Å². The van der Waals surface area contributed by atoms with Crippen molar-refractivity contribution in [2.24, 2.45) is 0 Å². The molecule has 4 rings (SSSR count). The summed E-state index contributed by atoms with van der Waals surface area (Å²) in [6.07, 6.45) is 8.47. The van der Waals surface area contributed by atoms with Crippen molar-refractivity contribution in [2.75, 3.05) is 13.2 Å². The average molecular weight is 329 g/mol. The fraction of sp³-hybridized carbons (Fsp3) is 0.556. The highest BCUT2D eigenvalue weighted by Gasteiger charge is 2.18. The van der Waals surface area contributed by atoms with Crippen molar-refractivity contribution >= 4 is 16.9 Å². The van der Waals surface area contributed by atoms with Gasteiger partial charge in [-0.05, 0) is 12.8 Å². The Labute approximate surface area is 141 Å². The topological polar surface area (TPSA) is 65.4 Å². The highest BCUT2D eigenvalue weighted by molar-refractivity contribution is 5.83. The summed E-state index contributed by atoms with van der Waals surface area (Å²) in [5.41, 5.74) is 1.72. The van der Waals surface area contributed by atoms with Gasteiger partial charge in [0.1, 0.15) is 6.54 Å². The van der Waals surface area contributed by atoms with E-state index in [0.717, 1.165) is 41.8 Å². The zero-order valence-corrected chi connectivity index (χ0v) is 13.8. The number of benzene rings is 1. The highest BCUT2D eigenvalue weighted by Crippen LogP contribution is 2.33. The van der Waals surface area contributed by atoms with Crippen molar-refractivity contribution in [2.45, 2.75) is 51.1 Å². The van der Waals surface area contributed by atoms with Crippen LogP contribution in [0.25, 0.3) is 11.0 Å². The number of ether oxygens (including phenoxy) is 2. The van der Waals surface area contributed by atoms with E-state index in [0.29, 0.717) is 19.3 Å². The number of nitrogens with zero attached hydrogens (tertiary/aromatic N) is 2. The van der Waals surface area contributed by atoms with E-state index in [4.69, 9.17) is 9.47 Å². The predicted octanol–water partition coefficient (Wildman–Crippen LogP) is 2.65. The molecule has 0 radical (unpaired) electrons. The number of rotatable bonds is 3. The molecule has 0 saturated heterocycles. The Morgan fingerprint density at radius 1 is 1.12 bits per heavy atom. The van der Waals surface area contributed by atoms with Gasteiger partial charge in [-0.15, -0.1) is 0 Å². The van der Waals surface area contributed by atoms with Crippen molar-refractivity contribution in [1.29, 1.82) is 0 Å². The van der Waals surface area contributed by atoms with Crippen LogP contribution in [0.3, 0.4) is 0 Å². The van der Waals surface area contributed by atoms with Gasteiger partial charge in [-0.2, -0.15) is 0 Å². The average Bonchev–Trinajstić information content (AvgIpc) is 2.82. The Kier molecular flexibility index (Phi) is 4.28. The van der Waals surface area contributed by atoms with Gasteiger partial charge < -0.3 is 19.4 Å². The molecule has 1 amide bonds. The van der Waals surface area contributed by atoms with Gasteiger partial charge in [0.05, 0.1) is 30.6 Å². The molecule has 1 N–H and O–H groups in total. The molecule has 128 valence electrons. The Morgan fingerprint density at radius 2 is 1.88 bits per heavy atom. The van der Waals surface area contributed by atoms with Crippen LogP contribution in [0, 0.1) is 0 Å². The standard InChI is InChI=1S/C18H23N3O3/c22-18(20-13-5-2-1-3-6-13)11-21-12-19-14-9-16-17(10-15(14)21)24-8-4-7-23-16/h9-10,12-13H,1-8,11H2,(H,20,22). The number of hydrogen-bond acceptors (Lipinski definition) is 4. The van der Waals surface area contributed by atoms with E-state index >= 15 is 0 Å². The smallest absolute Gasteiger partial charge is 0.240 e. The minimum absolute atomic E-state index is 0.0494. The third-order valence-corrected chi connectivity index (χ3v) is 4.77. The van der Waals surface area contributed by atoms with Crippen LogP contribution < -0.4 is 14.8 Å². The molecule has 1 aromatic carbocycles. The second-order valence-corrected chi connectivity index (χ2v) is 6.61. The molecule has 6 nitrogen and oxygen atoms in total. The Bertz CT molecular complexity index is 734.